The standard InChI is InChI=1S/C11H10N2O3S/c12-17(14,15)16-10-6-4-9(5-7-10)11-3-1-2-8-13-11/h1-8H,(H2,12,14,15). The van der Waals surface area contributed by atoms with Crippen LogP contribution < -0.4 is 9.32 Å². The van der Waals surface area contributed by atoms with Crippen LogP contribution in [0.1, 0.15) is 0 Å². The number of nitrogens with zero attached hydrogens (tertiary/aromatic N) is 1. The van der Waals surface area contributed by atoms with E-state index in [0.717, 1.165) is 11.3 Å². The van der Waals surface area contributed by atoms with Gasteiger partial charge in [-0.2, -0.15) is 13.6 Å². The second-order valence-electron chi connectivity index (χ2n) is 3.32. The Balaban J connectivity index is 2.25. The minimum absolute atomic E-state index is 0.173. The van der Waals surface area contributed by atoms with Gasteiger partial charge in [0.15, 0.2) is 0 Å². The molecule has 0 amide bonds. The summed E-state index contributed by atoms with van der Waals surface area (Å²) in [6.45, 7) is 0. The molecule has 0 aliphatic heterocycles. The summed E-state index contributed by atoms with van der Waals surface area (Å²) in [5.74, 6) is 0.173. The van der Waals surface area contributed by atoms with E-state index in [1.807, 2.05) is 18.2 Å². The number of hydrogen-bond donors (Lipinski definition) is 1. The second-order valence-corrected chi connectivity index (χ2v) is 4.47. The van der Waals surface area contributed by atoms with Gasteiger partial charge in [0.05, 0.1) is 5.69 Å². The van der Waals surface area contributed by atoms with Crippen LogP contribution in [0.25, 0.3) is 11.3 Å². The highest BCUT2D eigenvalue weighted by atomic mass is 32.2. The van der Waals surface area contributed by atoms with Crippen molar-refractivity contribution in [1.29, 1.82) is 0 Å². The van der Waals surface area contributed by atoms with Crippen molar-refractivity contribution in [2.75, 3.05) is 0 Å². The molecule has 0 radical (unpaired) electrons. The van der Waals surface area contributed by atoms with Crippen LogP contribution in [-0.2, 0) is 10.3 Å². The molecule has 0 saturated carbocycles. The van der Waals surface area contributed by atoms with Gasteiger partial charge in [-0.3, -0.25) is 4.98 Å². The highest BCUT2D eigenvalue weighted by molar-refractivity contribution is 7.84. The first-order valence-electron chi connectivity index (χ1n) is 4.78. The summed E-state index contributed by atoms with van der Waals surface area (Å²) < 4.78 is 25.9. The molecule has 1 aromatic carbocycles. The van der Waals surface area contributed by atoms with Gasteiger partial charge in [-0.25, -0.2) is 0 Å². The third-order valence-electron chi connectivity index (χ3n) is 2.03. The minimum atomic E-state index is -3.97. The maximum atomic E-state index is 10.7. The summed E-state index contributed by atoms with van der Waals surface area (Å²) >= 11 is 0. The average Bonchev–Trinajstić information content (AvgIpc) is 2.29. The molecule has 2 aromatic rings. The molecule has 0 bridgehead atoms. The first-order valence-corrected chi connectivity index (χ1v) is 6.25. The predicted octanol–water partition coefficient (Wildman–Crippen LogP) is 1.33. The van der Waals surface area contributed by atoms with Crippen LogP contribution >= 0.6 is 0 Å². The predicted molar refractivity (Wildman–Crippen MR) is 63.4 cm³/mol. The fourth-order valence-electron chi connectivity index (χ4n) is 1.35. The summed E-state index contributed by atoms with van der Waals surface area (Å²) in [5, 5.41) is 4.75. The quantitative estimate of drug-likeness (QED) is 0.890. The van der Waals surface area contributed by atoms with Gasteiger partial charge in [0.1, 0.15) is 5.75 Å². The SMILES string of the molecule is NS(=O)(=O)Oc1ccc(-c2ccccn2)cc1. The lowest BCUT2D eigenvalue weighted by atomic mass is 10.1. The maximum absolute atomic E-state index is 10.7. The number of benzene rings is 1. The van der Waals surface area contributed by atoms with Crippen LogP contribution in [0.3, 0.4) is 0 Å². The number of rotatable bonds is 3. The summed E-state index contributed by atoms with van der Waals surface area (Å²) in [6.07, 6.45) is 1.68. The van der Waals surface area contributed by atoms with Gasteiger partial charge in [-0.05, 0) is 36.4 Å². The Morgan fingerprint density at radius 3 is 2.29 bits per heavy atom. The normalized spacial score (nSPS) is 11.1. The van der Waals surface area contributed by atoms with E-state index in [0.29, 0.717) is 0 Å². The first-order chi connectivity index (χ1) is 8.04. The molecule has 88 valence electrons. The fraction of sp³-hybridized carbons (Fsp3) is 0. The molecule has 0 unspecified atom stereocenters. The molecule has 0 saturated heterocycles. The highest BCUT2D eigenvalue weighted by Crippen LogP contribution is 2.20. The van der Waals surface area contributed by atoms with E-state index in [1.165, 1.54) is 12.1 Å². The third-order valence-corrected chi connectivity index (χ3v) is 2.45. The largest absolute Gasteiger partial charge is 0.380 e. The lowest BCUT2D eigenvalue weighted by molar-refractivity contribution is 0.488. The Bertz CT molecular complexity index is 594. The monoisotopic (exact) mass is 250 g/mol. The topological polar surface area (TPSA) is 82.3 Å². The lowest BCUT2D eigenvalue weighted by Gasteiger charge is -2.03. The molecule has 6 heteroatoms. The van der Waals surface area contributed by atoms with Crippen LogP contribution in [0.15, 0.2) is 48.7 Å². The van der Waals surface area contributed by atoms with Gasteiger partial charge < -0.3 is 4.18 Å². The van der Waals surface area contributed by atoms with Gasteiger partial charge in [0, 0.05) is 11.8 Å². The molecular formula is C11H10N2O3S. The van der Waals surface area contributed by atoms with Crippen molar-refractivity contribution in [2.45, 2.75) is 0 Å². The summed E-state index contributed by atoms with van der Waals surface area (Å²) in [5.41, 5.74) is 1.67. The molecule has 0 fully saturated rings. The van der Waals surface area contributed by atoms with Crippen LogP contribution in [0.2, 0.25) is 0 Å². The van der Waals surface area contributed by atoms with Gasteiger partial charge >= 0.3 is 10.3 Å². The van der Waals surface area contributed by atoms with Crippen molar-refractivity contribution in [3.05, 3.63) is 48.7 Å². The maximum Gasteiger partial charge on any atom is 0.380 e. The molecule has 0 aliphatic rings. The molecule has 0 spiro atoms. The zero-order valence-corrected chi connectivity index (χ0v) is 9.59. The number of aromatic nitrogens is 1. The van der Waals surface area contributed by atoms with E-state index in [9.17, 15) is 8.42 Å². The minimum Gasteiger partial charge on any atom is -0.371 e. The van der Waals surface area contributed by atoms with Crippen LogP contribution in [-0.4, -0.2) is 13.4 Å². The molecule has 1 aromatic heterocycles. The summed E-state index contributed by atoms with van der Waals surface area (Å²) in [4.78, 5) is 4.17. The van der Waals surface area contributed by atoms with E-state index >= 15 is 0 Å². The van der Waals surface area contributed by atoms with Crippen LogP contribution in [0.5, 0.6) is 5.75 Å². The molecule has 0 aliphatic carbocycles. The molecular weight excluding hydrogens is 240 g/mol. The van der Waals surface area contributed by atoms with Crippen molar-refractivity contribution < 1.29 is 12.6 Å². The highest BCUT2D eigenvalue weighted by Gasteiger charge is 2.05. The van der Waals surface area contributed by atoms with Gasteiger partial charge in [0.2, 0.25) is 0 Å². The van der Waals surface area contributed by atoms with Crippen molar-refractivity contribution >= 4 is 10.3 Å². The van der Waals surface area contributed by atoms with E-state index < -0.39 is 10.3 Å². The Hall–Kier alpha value is -1.92. The molecule has 2 rings (SSSR count). The van der Waals surface area contributed by atoms with E-state index in [2.05, 4.69) is 9.17 Å². The van der Waals surface area contributed by atoms with E-state index in [4.69, 9.17) is 5.14 Å². The molecule has 2 N–H and O–H groups in total. The molecule has 5 nitrogen and oxygen atoms in total. The van der Waals surface area contributed by atoms with Crippen LogP contribution in [0.4, 0.5) is 0 Å². The summed E-state index contributed by atoms with van der Waals surface area (Å²) in [6, 6.07) is 12.0. The van der Waals surface area contributed by atoms with Crippen molar-refractivity contribution in [3.8, 4) is 17.0 Å². The fourth-order valence-corrected chi connectivity index (χ4v) is 1.73. The molecule has 17 heavy (non-hydrogen) atoms. The van der Waals surface area contributed by atoms with E-state index in [1.54, 1.807) is 18.3 Å². The lowest BCUT2D eigenvalue weighted by Crippen LogP contribution is -2.18. The van der Waals surface area contributed by atoms with Crippen molar-refractivity contribution in [1.82, 2.24) is 4.98 Å². The molecule has 1 heterocycles. The number of hydrogen-bond acceptors (Lipinski definition) is 4. The Morgan fingerprint density at radius 2 is 1.76 bits per heavy atom. The zero-order chi connectivity index (χ0) is 12.3. The van der Waals surface area contributed by atoms with Gasteiger partial charge in [-0.1, -0.05) is 6.07 Å². The Morgan fingerprint density at radius 1 is 1.06 bits per heavy atom. The van der Waals surface area contributed by atoms with E-state index in [-0.39, 0.29) is 5.75 Å². The number of pyridine rings is 1. The van der Waals surface area contributed by atoms with Gasteiger partial charge in [0.25, 0.3) is 0 Å². The third kappa shape index (κ3) is 3.27. The van der Waals surface area contributed by atoms with Gasteiger partial charge in [-0.15, -0.1) is 0 Å². The number of nitrogens with two attached hydrogens (primary N) is 1. The Labute approximate surface area is 99.1 Å². The van der Waals surface area contributed by atoms with Crippen LogP contribution in [0, 0.1) is 0 Å². The van der Waals surface area contributed by atoms with Crippen molar-refractivity contribution in [2.24, 2.45) is 5.14 Å². The zero-order valence-electron chi connectivity index (χ0n) is 8.78. The molecule has 0 atom stereocenters. The summed E-state index contributed by atoms with van der Waals surface area (Å²) in [7, 11) is -3.97. The average molecular weight is 250 g/mol. The second kappa shape index (κ2) is 4.52. The Kier molecular flexibility index (Phi) is 3.08. The smallest absolute Gasteiger partial charge is 0.371 e. The van der Waals surface area contributed by atoms with Crippen molar-refractivity contribution in [3.63, 3.8) is 0 Å². The first kappa shape index (κ1) is 11.6.